The fraction of sp³-hybridized carbons (Fsp3) is 0.552. The monoisotopic (exact) mass is 550 g/mol. The topological polar surface area (TPSA) is 159 Å². The number of rotatable bonds is 11. The summed E-state index contributed by atoms with van der Waals surface area (Å²) in [4.78, 5) is 73.7. The van der Waals surface area contributed by atoms with E-state index in [1.807, 2.05) is 19.9 Å². The summed E-state index contributed by atoms with van der Waals surface area (Å²) >= 11 is 0. The van der Waals surface area contributed by atoms with E-state index in [1.54, 1.807) is 18.2 Å². The molecule has 0 bridgehead atoms. The largest absolute Gasteiger partial charge is 0.356 e. The van der Waals surface area contributed by atoms with Crippen LogP contribution in [0.5, 0.6) is 0 Å². The van der Waals surface area contributed by atoms with E-state index in [0.717, 1.165) is 32.1 Å². The fourth-order valence-electron chi connectivity index (χ4n) is 5.32. The molecule has 2 aromatic rings. The predicted molar refractivity (Wildman–Crippen MR) is 148 cm³/mol. The van der Waals surface area contributed by atoms with Crippen LogP contribution in [0.15, 0.2) is 30.5 Å². The number of aromatic nitrogens is 2. The number of Topliss-reactive ketones (excluding diaryl/α,β-unsaturated/α-hetero) is 1. The average Bonchev–Trinajstić information content (AvgIpc) is 3.35. The van der Waals surface area contributed by atoms with Crippen molar-refractivity contribution >= 4 is 40.4 Å². The van der Waals surface area contributed by atoms with Gasteiger partial charge in [0.25, 0.3) is 11.8 Å². The molecule has 0 radical (unpaired) electrons. The Bertz CT molecular complexity index is 1260. The van der Waals surface area contributed by atoms with Crippen molar-refractivity contribution < 1.29 is 24.0 Å². The SMILES string of the molecule is CC(C)C[C@H](NC(=O)c1cnc2ccccc2n1)C(=O)NC(C[C@@H]1CCNC1=O)C(=O)C(=O)NC1CCCCC1. The lowest BCUT2D eigenvalue weighted by Crippen LogP contribution is -2.55. The summed E-state index contributed by atoms with van der Waals surface area (Å²) < 4.78 is 0. The van der Waals surface area contributed by atoms with Gasteiger partial charge in [-0.25, -0.2) is 4.98 Å². The zero-order chi connectivity index (χ0) is 28.6. The Kier molecular flexibility index (Phi) is 9.79. The number of nitrogens with one attached hydrogen (secondary N) is 4. The third-order valence-electron chi connectivity index (χ3n) is 7.49. The number of hydrogen-bond donors (Lipinski definition) is 4. The van der Waals surface area contributed by atoms with Crippen molar-refractivity contribution in [2.45, 2.75) is 83.3 Å². The van der Waals surface area contributed by atoms with Crippen LogP contribution in [0, 0.1) is 11.8 Å². The lowest BCUT2D eigenvalue weighted by molar-refractivity contribution is -0.141. The maximum atomic E-state index is 13.5. The third kappa shape index (κ3) is 7.61. The Labute approximate surface area is 233 Å². The van der Waals surface area contributed by atoms with E-state index < -0.39 is 41.5 Å². The summed E-state index contributed by atoms with van der Waals surface area (Å²) in [5.41, 5.74) is 1.24. The van der Waals surface area contributed by atoms with Gasteiger partial charge in [0.2, 0.25) is 17.6 Å². The number of hydrogen-bond acceptors (Lipinski definition) is 7. The number of carbonyl (C=O) groups is 5. The van der Waals surface area contributed by atoms with Gasteiger partial charge in [0, 0.05) is 18.5 Å². The lowest BCUT2D eigenvalue weighted by atomic mass is 9.93. The number of benzene rings is 1. The predicted octanol–water partition coefficient (Wildman–Crippen LogP) is 1.80. The molecular weight excluding hydrogens is 512 g/mol. The highest BCUT2D eigenvalue weighted by molar-refractivity contribution is 6.38. The Balaban J connectivity index is 1.48. The molecular formula is C29H38N6O5. The molecule has 1 aromatic heterocycles. The van der Waals surface area contributed by atoms with Gasteiger partial charge in [0.15, 0.2) is 0 Å². The summed E-state index contributed by atoms with van der Waals surface area (Å²) in [6, 6.07) is 4.87. The summed E-state index contributed by atoms with van der Waals surface area (Å²) in [6.45, 7) is 4.29. The van der Waals surface area contributed by atoms with Crippen molar-refractivity contribution in [2.24, 2.45) is 11.8 Å². The van der Waals surface area contributed by atoms with Gasteiger partial charge in [-0.15, -0.1) is 0 Å². The zero-order valence-electron chi connectivity index (χ0n) is 23.1. The summed E-state index contributed by atoms with van der Waals surface area (Å²) in [5.74, 6) is -3.39. The van der Waals surface area contributed by atoms with Gasteiger partial charge in [0.05, 0.1) is 23.3 Å². The second kappa shape index (κ2) is 13.5. The summed E-state index contributed by atoms with van der Waals surface area (Å²) in [7, 11) is 0. The minimum Gasteiger partial charge on any atom is -0.356 e. The molecule has 1 unspecified atom stereocenters. The highest BCUT2D eigenvalue weighted by Gasteiger charge is 2.36. The Morgan fingerprint density at radius 3 is 2.38 bits per heavy atom. The van der Waals surface area contributed by atoms with Crippen molar-refractivity contribution in [3.63, 3.8) is 0 Å². The maximum absolute atomic E-state index is 13.5. The normalized spacial score (nSPS) is 19.1. The second-order valence-electron chi connectivity index (χ2n) is 11.1. The molecule has 1 aliphatic carbocycles. The number of fused-ring (bicyclic) bond motifs is 1. The van der Waals surface area contributed by atoms with Crippen LogP contribution >= 0.6 is 0 Å². The minimum absolute atomic E-state index is 0.00693. The quantitative estimate of drug-likeness (QED) is 0.311. The minimum atomic E-state index is -1.20. The van der Waals surface area contributed by atoms with E-state index in [-0.39, 0.29) is 36.4 Å². The first-order valence-electron chi connectivity index (χ1n) is 14.2. The van der Waals surface area contributed by atoms with E-state index in [0.29, 0.717) is 24.0 Å². The zero-order valence-corrected chi connectivity index (χ0v) is 23.1. The summed E-state index contributed by atoms with van der Waals surface area (Å²) in [5, 5.41) is 11.0. The molecule has 11 nitrogen and oxygen atoms in total. The smallest absolute Gasteiger partial charge is 0.289 e. The van der Waals surface area contributed by atoms with Crippen LogP contribution in [0.1, 0.15) is 75.7 Å². The molecule has 1 saturated carbocycles. The van der Waals surface area contributed by atoms with E-state index in [4.69, 9.17) is 0 Å². The van der Waals surface area contributed by atoms with E-state index in [1.165, 1.54) is 6.20 Å². The highest BCUT2D eigenvalue weighted by atomic mass is 16.2. The van der Waals surface area contributed by atoms with Gasteiger partial charge < -0.3 is 21.3 Å². The van der Waals surface area contributed by atoms with E-state index in [9.17, 15) is 24.0 Å². The lowest BCUT2D eigenvalue weighted by Gasteiger charge is -2.26. The van der Waals surface area contributed by atoms with Crippen LogP contribution in [-0.2, 0) is 19.2 Å². The van der Waals surface area contributed by atoms with Crippen molar-refractivity contribution in [3.8, 4) is 0 Å². The molecule has 1 aliphatic heterocycles. The molecule has 1 saturated heterocycles. The molecule has 4 N–H and O–H groups in total. The third-order valence-corrected chi connectivity index (χ3v) is 7.49. The standard InChI is InChI=1S/C29H38N6O5/c1-17(2)14-23(35-28(39)24-16-31-20-10-6-7-11-21(20)33-24)27(38)34-22(15-18-12-13-30-26(18)37)25(36)29(40)32-19-8-4-3-5-9-19/h6-7,10-11,16-19,22-23H,3-5,8-9,12-15H2,1-2H3,(H,30,37)(H,32,40)(H,34,38)(H,35,39)/t18-,22?,23-/m0/s1. The molecule has 4 rings (SSSR count). The van der Waals surface area contributed by atoms with Gasteiger partial charge >= 0.3 is 0 Å². The molecule has 11 heteroatoms. The highest BCUT2D eigenvalue weighted by Crippen LogP contribution is 2.20. The molecule has 2 aliphatic rings. The van der Waals surface area contributed by atoms with Crippen molar-refractivity contribution in [1.82, 2.24) is 31.2 Å². The van der Waals surface area contributed by atoms with Gasteiger partial charge in [-0.1, -0.05) is 45.2 Å². The molecule has 2 fully saturated rings. The van der Waals surface area contributed by atoms with E-state index >= 15 is 0 Å². The van der Waals surface area contributed by atoms with Gasteiger partial charge in [-0.2, -0.15) is 0 Å². The van der Waals surface area contributed by atoms with Crippen LogP contribution in [0.3, 0.4) is 0 Å². The molecule has 4 amide bonds. The second-order valence-corrected chi connectivity index (χ2v) is 11.1. The van der Waals surface area contributed by atoms with Crippen LogP contribution in [0.25, 0.3) is 11.0 Å². The van der Waals surface area contributed by atoms with Crippen LogP contribution in [0.2, 0.25) is 0 Å². The van der Waals surface area contributed by atoms with Crippen molar-refractivity contribution in [2.75, 3.05) is 6.54 Å². The molecule has 1 aromatic carbocycles. The summed E-state index contributed by atoms with van der Waals surface area (Å²) in [6.07, 6.45) is 6.84. The first-order valence-corrected chi connectivity index (χ1v) is 14.2. The number of nitrogens with zero attached hydrogens (tertiary/aromatic N) is 2. The van der Waals surface area contributed by atoms with Crippen LogP contribution < -0.4 is 21.3 Å². The Hall–Kier alpha value is -3.89. The van der Waals surface area contributed by atoms with Gasteiger partial charge in [0.1, 0.15) is 11.7 Å². The molecule has 3 atom stereocenters. The number of ketones is 1. The molecule has 214 valence electrons. The van der Waals surface area contributed by atoms with Gasteiger partial charge in [-0.05, 0) is 50.2 Å². The Morgan fingerprint density at radius 1 is 0.975 bits per heavy atom. The Morgan fingerprint density at radius 2 is 1.70 bits per heavy atom. The van der Waals surface area contributed by atoms with Crippen LogP contribution in [-0.4, -0.2) is 64.1 Å². The first-order chi connectivity index (χ1) is 19.2. The van der Waals surface area contributed by atoms with Crippen molar-refractivity contribution in [1.29, 1.82) is 0 Å². The molecule has 2 heterocycles. The fourth-order valence-corrected chi connectivity index (χ4v) is 5.32. The maximum Gasteiger partial charge on any atom is 0.289 e. The number of para-hydroxylation sites is 2. The molecule has 40 heavy (non-hydrogen) atoms. The van der Waals surface area contributed by atoms with E-state index in [2.05, 4.69) is 31.2 Å². The van der Waals surface area contributed by atoms with Gasteiger partial charge in [-0.3, -0.25) is 29.0 Å². The molecule has 0 spiro atoms. The average molecular weight is 551 g/mol. The van der Waals surface area contributed by atoms with Crippen molar-refractivity contribution in [3.05, 3.63) is 36.2 Å². The van der Waals surface area contributed by atoms with Crippen LogP contribution in [0.4, 0.5) is 0 Å². The number of amides is 4. The number of carbonyl (C=O) groups excluding carboxylic acids is 5. The first kappa shape index (κ1) is 29.1.